The first kappa shape index (κ1) is 22.2. The van der Waals surface area contributed by atoms with Crippen molar-refractivity contribution in [2.24, 2.45) is 0 Å². The van der Waals surface area contributed by atoms with E-state index in [9.17, 15) is 9.59 Å². The molecule has 0 unspecified atom stereocenters. The number of aryl methyl sites for hydroxylation is 1. The first-order valence-electron chi connectivity index (χ1n) is 9.80. The fraction of sp³-hybridized carbons (Fsp3) is 0.364. The summed E-state index contributed by atoms with van der Waals surface area (Å²) in [4.78, 5) is 26.9. The lowest BCUT2D eigenvalue weighted by Crippen LogP contribution is -2.34. The summed E-state index contributed by atoms with van der Waals surface area (Å²) in [6.45, 7) is 9.41. The van der Waals surface area contributed by atoms with Gasteiger partial charge in [0.05, 0.1) is 12.7 Å². The van der Waals surface area contributed by atoms with Gasteiger partial charge in [-0.3, -0.25) is 4.79 Å². The number of methoxy groups -OCH3 is 1. The fourth-order valence-corrected chi connectivity index (χ4v) is 2.85. The lowest BCUT2D eigenvalue weighted by molar-refractivity contribution is 0.0946. The minimum absolute atomic E-state index is 0.204. The van der Waals surface area contributed by atoms with Crippen LogP contribution in [0.25, 0.3) is 0 Å². The van der Waals surface area contributed by atoms with Gasteiger partial charge in [-0.15, -0.1) is 0 Å². The summed E-state index contributed by atoms with van der Waals surface area (Å²) < 4.78 is 5.35. The van der Waals surface area contributed by atoms with Gasteiger partial charge in [-0.05, 0) is 44.3 Å². The van der Waals surface area contributed by atoms with Crippen LogP contribution in [-0.2, 0) is 0 Å². The molecule has 3 amide bonds. The molecule has 7 nitrogen and oxygen atoms in total. The highest BCUT2D eigenvalue weighted by Crippen LogP contribution is 2.23. The summed E-state index contributed by atoms with van der Waals surface area (Å²) in [5, 5.41) is 8.43. The zero-order valence-corrected chi connectivity index (χ0v) is 17.5. The van der Waals surface area contributed by atoms with Gasteiger partial charge >= 0.3 is 6.03 Å². The molecule has 0 atom stereocenters. The van der Waals surface area contributed by atoms with Crippen molar-refractivity contribution in [3.8, 4) is 5.75 Å². The SMILES string of the molecule is CCN(CC)CCNC(=O)c1ccc(NC(=O)Nc2ccc(C)cc2)cc1OC. The predicted octanol–water partition coefficient (Wildman–Crippen LogP) is 3.72. The van der Waals surface area contributed by atoms with E-state index in [1.54, 1.807) is 18.2 Å². The van der Waals surface area contributed by atoms with E-state index >= 15 is 0 Å². The summed E-state index contributed by atoms with van der Waals surface area (Å²) >= 11 is 0. The van der Waals surface area contributed by atoms with Crippen LogP contribution in [0.15, 0.2) is 42.5 Å². The summed E-state index contributed by atoms with van der Waals surface area (Å²) in [5.41, 5.74) is 2.78. The van der Waals surface area contributed by atoms with E-state index in [0.717, 1.165) is 25.2 Å². The molecule has 29 heavy (non-hydrogen) atoms. The molecule has 0 spiro atoms. The molecule has 0 aromatic heterocycles. The summed E-state index contributed by atoms with van der Waals surface area (Å²) in [7, 11) is 1.50. The van der Waals surface area contributed by atoms with Gasteiger partial charge in [0, 0.05) is 30.5 Å². The van der Waals surface area contributed by atoms with Crippen LogP contribution in [0.2, 0.25) is 0 Å². The molecule has 0 fully saturated rings. The molecule has 0 aliphatic heterocycles. The first-order valence-corrected chi connectivity index (χ1v) is 9.80. The van der Waals surface area contributed by atoms with Crippen molar-refractivity contribution in [1.82, 2.24) is 10.2 Å². The van der Waals surface area contributed by atoms with Crippen LogP contribution >= 0.6 is 0 Å². The van der Waals surface area contributed by atoms with Gasteiger partial charge in [0.25, 0.3) is 5.91 Å². The van der Waals surface area contributed by atoms with E-state index in [4.69, 9.17) is 4.74 Å². The smallest absolute Gasteiger partial charge is 0.323 e. The molecule has 2 aromatic carbocycles. The van der Waals surface area contributed by atoms with Crippen LogP contribution in [0.3, 0.4) is 0 Å². The van der Waals surface area contributed by atoms with Gasteiger partial charge in [0.15, 0.2) is 0 Å². The van der Waals surface area contributed by atoms with Gasteiger partial charge in [0.1, 0.15) is 5.75 Å². The molecular formula is C22H30N4O3. The number of rotatable bonds is 9. The molecular weight excluding hydrogens is 368 g/mol. The van der Waals surface area contributed by atoms with Crippen LogP contribution in [0.5, 0.6) is 5.75 Å². The zero-order valence-electron chi connectivity index (χ0n) is 17.5. The third kappa shape index (κ3) is 6.80. The van der Waals surface area contributed by atoms with Gasteiger partial charge in [-0.1, -0.05) is 31.5 Å². The minimum atomic E-state index is -0.368. The fourth-order valence-electron chi connectivity index (χ4n) is 2.85. The van der Waals surface area contributed by atoms with E-state index in [1.165, 1.54) is 7.11 Å². The van der Waals surface area contributed by atoms with Crippen molar-refractivity contribution in [2.75, 3.05) is 43.9 Å². The number of nitrogens with one attached hydrogen (secondary N) is 3. The molecule has 2 aromatic rings. The monoisotopic (exact) mass is 398 g/mol. The summed E-state index contributed by atoms with van der Waals surface area (Å²) in [6, 6.07) is 12.1. The molecule has 0 saturated heterocycles. The van der Waals surface area contributed by atoms with Crippen LogP contribution < -0.4 is 20.7 Å². The van der Waals surface area contributed by atoms with Crippen LogP contribution in [-0.4, -0.2) is 50.1 Å². The number of ether oxygens (including phenoxy) is 1. The maximum Gasteiger partial charge on any atom is 0.323 e. The lowest BCUT2D eigenvalue weighted by Gasteiger charge is -2.18. The number of urea groups is 1. The molecule has 0 heterocycles. The van der Waals surface area contributed by atoms with E-state index in [1.807, 2.05) is 31.2 Å². The summed E-state index contributed by atoms with van der Waals surface area (Å²) in [6.07, 6.45) is 0. The second-order valence-corrected chi connectivity index (χ2v) is 6.64. The Bertz CT molecular complexity index is 817. The molecule has 3 N–H and O–H groups in total. The van der Waals surface area contributed by atoms with E-state index in [0.29, 0.717) is 29.2 Å². The Morgan fingerprint density at radius 2 is 1.59 bits per heavy atom. The molecule has 2 rings (SSSR count). The number of carbonyl (C=O) groups is 2. The number of carbonyl (C=O) groups excluding carboxylic acids is 2. The van der Waals surface area contributed by atoms with Crippen molar-refractivity contribution in [2.45, 2.75) is 20.8 Å². The van der Waals surface area contributed by atoms with Gasteiger partial charge in [-0.2, -0.15) is 0 Å². The third-order valence-electron chi connectivity index (χ3n) is 4.62. The molecule has 0 aliphatic rings. The Labute approximate surface area is 172 Å². The Morgan fingerprint density at radius 1 is 0.966 bits per heavy atom. The Balaban J connectivity index is 1.97. The molecule has 0 radical (unpaired) electrons. The normalized spacial score (nSPS) is 10.5. The predicted molar refractivity (Wildman–Crippen MR) is 117 cm³/mol. The standard InChI is InChI=1S/C22H30N4O3/c1-5-26(6-2)14-13-23-21(27)19-12-11-18(15-20(19)29-4)25-22(28)24-17-9-7-16(3)8-10-17/h7-12,15H,5-6,13-14H2,1-4H3,(H,23,27)(H2,24,25,28). The van der Waals surface area contributed by atoms with Gasteiger partial charge in [-0.25, -0.2) is 4.79 Å². The molecule has 7 heteroatoms. The molecule has 0 bridgehead atoms. The van der Waals surface area contributed by atoms with Crippen molar-refractivity contribution in [1.29, 1.82) is 0 Å². The maximum absolute atomic E-state index is 12.5. The van der Waals surface area contributed by atoms with Crippen LogP contribution in [0.4, 0.5) is 16.2 Å². The topological polar surface area (TPSA) is 82.7 Å². The van der Waals surface area contributed by atoms with E-state index < -0.39 is 0 Å². The number of anilines is 2. The molecule has 0 saturated carbocycles. The number of amides is 3. The van der Waals surface area contributed by atoms with Crippen molar-refractivity contribution < 1.29 is 14.3 Å². The van der Waals surface area contributed by atoms with Crippen LogP contribution in [0, 0.1) is 6.92 Å². The highest BCUT2D eigenvalue weighted by molar-refractivity contribution is 6.01. The summed E-state index contributed by atoms with van der Waals surface area (Å²) in [5.74, 6) is 0.197. The second kappa shape index (κ2) is 11.1. The van der Waals surface area contributed by atoms with Crippen molar-refractivity contribution in [3.63, 3.8) is 0 Å². The minimum Gasteiger partial charge on any atom is -0.496 e. The zero-order chi connectivity index (χ0) is 21.2. The largest absolute Gasteiger partial charge is 0.496 e. The average Bonchev–Trinajstić information content (AvgIpc) is 2.72. The maximum atomic E-state index is 12.5. The number of hydrogen-bond donors (Lipinski definition) is 3. The second-order valence-electron chi connectivity index (χ2n) is 6.64. The van der Waals surface area contributed by atoms with E-state index in [2.05, 4.69) is 34.7 Å². The van der Waals surface area contributed by atoms with Gasteiger partial charge < -0.3 is 25.6 Å². The highest BCUT2D eigenvalue weighted by Gasteiger charge is 2.14. The van der Waals surface area contributed by atoms with Crippen LogP contribution in [0.1, 0.15) is 29.8 Å². The van der Waals surface area contributed by atoms with E-state index in [-0.39, 0.29) is 11.9 Å². The van der Waals surface area contributed by atoms with Crippen molar-refractivity contribution in [3.05, 3.63) is 53.6 Å². The molecule has 0 aliphatic carbocycles. The first-order chi connectivity index (χ1) is 14.0. The number of nitrogens with zero attached hydrogens (tertiary/aromatic N) is 1. The Kier molecular flexibility index (Phi) is 8.48. The number of hydrogen-bond acceptors (Lipinski definition) is 4. The highest BCUT2D eigenvalue weighted by atomic mass is 16.5. The Morgan fingerprint density at radius 3 is 2.21 bits per heavy atom. The number of likely N-dealkylation sites (N-methyl/N-ethyl adjacent to an activating group) is 1. The number of benzene rings is 2. The quantitative estimate of drug-likeness (QED) is 0.601. The third-order valence-corrected chi connectivity index (χ3v) is 4.62. The van der Waals surface area contributed by atoms with Gasteiger partial charge in [0.2, 0.25) is 0 Å². The average molecular weight is 399 g/mol. The Hall–Kier alpha value is -3.06. The van der Waals surface area contributed by atoms with Crippen molar-refractivity contribution >= 4 is 23.3 Å². The lowest BCUT2D eigenvalue weighted by atomic mass is 10.1. The molecule has 156 valence electrons.